The van der Waals surface area contributed by atoms with Crippen LogP contribution in [-0.2, 0) is 28.7 Å². The Morgan fingerprint density at radius 1 is 0.957 bits per heavy atom. The van der Waals surface area contributed by atoms with Crippen LogP contribution in [0.2, 0.25) is 0 Å². The second kappa shape index (κ2) is 18.6. The van der Waals surface area contributed by atoms with E-state index in [4.69, 9.17) is 9.15 Å². The molecule has 13 nitrogen and oxygen atoms in total. The smallest absolute Gasteiger partial charge is 0.306 e. The lowest BCUT2D eigenvalue weighted by Crippen LogP contribution is -2.60. The summed E-state index contributed by atoms with van der Waals surface area (Å²) in [7, 11) is 0. The van der Waals surface area contributed by atoms with E-state index in [-0.39, 0.29) is 61.0 Å². The molecule has 0 saturated carbocycles. The van der Waals surface area contributed by atoms with E-state index in [1.165, 1.54) is 18.6 Å². The largest absolute Gasteiger partial charge is 0.472 e. The normalized spacial score (nSPS) is 17.9. The van der Waals surface area contributed by atoms with Gasteiger partial charge in [0.2, 0.25) is 23.6 Å². The van der Waals surface area contributed by atoms with E-state index >= 15 is 0 Å². The fourth-order valence-corrected chi connectivity index (χ4v) is 5.55. The van der Waals surface area contributed by atoms with E-state index in [0.29, 0.717) is 13.0 Å². The van der Waals surface area contributed by atoms with Gasteiger partial charge < -0.3 is 35.7 Å². The lowest BCUT2D eigenvalue weighted by Gasteiger charge is -2.31. The number of hydrogen-bond donors (Lipinski definition) is 6. The predicted octanol–water partition coefficient (Wildman–Crippen LogP) is 1.97. The van der Waals surface area contributed by atoms with Crippen molar-refractivity contribution in [3.63, 3.8) is 0 Å². The van der Waals surface area contributed by atoms with Gasteiger partial charge in [-0.05, 0) is 50.0 Å². The van der Waals surface area contributed by atoms with Gasteiger partial charge >= 0.3 is 5.97 Å². The van der Waals surface area contributed by atoms with Crippen LogP contribution < -0.4 is 26.6 Å². The number of nitrogens with one attached hydrogen (secondary N) is 5. The number of hydrogen-bond acceptors (Lipinski definition) is 9. The summed E-state index contributed by atoms with van der Waals surface area (Å²) in [5.74, 6) is -3.68. The molecule has 1 aliphatic heterocycles. The molecule has 14 heteroatoms. The maximum absolute atomic E-state index is 13.7. The highest BCUT2D eigenvalue weighted by atomic mass is 32.1. The maximum Gasteiger partial charge on any atom is 0.306 e. The molecular weight excluding hydrogens is 614 g/mol. The lowest BCUT2D eigenvalue weighted by molar-refractivity contribution is -0.143. The van der Waals surface area contributed by atoms with Gasteiger partial charge in [-0.1, -0.05) is 41.5 Å². The first kappa shape index (κ1) is 38.6. The van der Waals surface area contributed by atoms with E-state index in [1.54, 1.807) is 34.6 Å². The lowest BCUT2D eigenvalue weighted by atomic mass is 9.94. The van der Waals surface area contributed by atoms with E-state index in [1.807, 2.05) is 13.8 Å². The highest BCUT2D eigenvalue weighted by Gasteiger charge is 2.36. The van der Waals surface area contributed by atoms with E-state index in [2.05, 4.69) is 39.2 Å². The van der Waals surface area contributed by atoms with Crippen molar-refractivity contribution in [1.29, 1.82) is 0 Å². The summed E-state index contributed by atoms with van der Waals surface area (Å²) < 4.78 is 10.0. The molecule has 258 valence electrons. The first-order chi connectivity index (χ1) is 21.6. The second-order valence-corrected chi connectivity index (χ2v) is 13.5. The summed E-state index contributed by atoms with van der Waals surface area (Å²) >= 11 is 4.60. The standard InChI is InChI=1S/C32H51N5O8S/c1-8-45-25(38)15-24(46)22(14-20-9-11-33-28(20)39)34-30(41)23(13-17(2)3)35-31(42)26(18(4)5)37-32(43)27(19(6)7)36-29(40)21-10-12-44-16-21/h10,12,16-20,22-24,26-27,46H,8-9,11,13-15H2,1-7H3,(H,33,39)(H,34,41)(H,35,42)(H,36,40)(H,37,43)/t20-,22-,23-,24-,26-,27-/m0/s1. The molecule has 0 radical (unpaired) electrons. The minimum Gasteiger partial charge on any atom is -0.472 e. The fraction of sp³-hybridized carbons (Fsp3) is 0.688. The number of esters is 1. The van der Waals surface area contributed by atoms with Crippen LogP contribution in [0.1, 0.15) is 84.5 Å². The maximum atomic E-state index is 13.7. The fourth-order valence-electron chi connectivity index (χ4n) is 5.20. The SMILES string of the molecule is CCOC(=O)C[C@H](S)[C@H](C[C@@H]1CCNC1=O)NC(=O)[C@H](CC(C)C)NC(=O)[C@@H](NC(=O)[C@@H](NC(=O)c1ccoc1)C(C)C)C(C)C. The summed E-state index contributed by atoms with van der Waals surface area (Å²) in [6.07, 6.45) is 3.69. The number of amides is 5. The van der Waals surface area contributed by atoms with Gasteiger partial charge in [-0.15, -0.1) is 0 Å². The van der Waals surface area contributed by atoms with Gasteiger partial charge in [0.25, 0.3) is 5.91 Å². The number of thiol groups is 1. The van der Waals surface area contributed by atoms with E-state index in [0.717, 1.165) is 0 Å². The quantitative estimate of drug-likeness (QED) is 0.102. The van der Waals surface area contributed by atoms with Crippen molar-refractivity contribution in [2.45, 2.75) is 104 Å². The molecule has 6 atom stereocenters. The molecule has 46 heavy (non-hydrogen) atoms. The summed E-state index contributed by atoms with van der Waals surface area (Å²) in [6, 6.07) is -2.11. The highest BCUT2D eigenvalue weighted by Crippen LogP contribution is 2.22. The Balaban J connectivity index is 2.21. The zero-order valence-electron chi connectivity index (χ0n) is 27.9. The van der Waals surface area contributed by atoms with Crippen molar-refractivity contribution < 1.29 is 37.9 Å². The molecule has 0 aromatic carbocycles. The molecule has 1 aliphatic rings. The molecule has 2 heterocycles. The summed E-state index contributed by atoms with van der Waals surface area (Å²) in [4.78, 5) is 77.9. The van der Waals surface area contributed by atoms with Crippen molar-refractivity contribution in [2.75, 3.05) is 13.2 Å². The highest BCUT2D eigenvalue weighted by molar-refractivity contribution is 7.81. The molecule has 2 rings (SSSR count). The van der Waals surface area contributed by atoms with Crippen molar-refractivity contribution in [2.24, 2.45) is 23.7 Å². The van der Waals surface area contributed by atoms with Crippen LogP contribution in [0.3, 0.4) is 0 Å². The molecule has 0 unspecified atom stereocenters. The van der Waals surface area contributed by atoms with E-state index in [9.17, 15) is 28.8 Å². The first-order valence-corrected chi connectivity index (χ1v) is 16.5. The van der Waals surface area contributed by atoms with Gasteiger partial charge in [-0.25, -0.2) is 0 Å². The Hall–Kier alpha value is -3.55. The molecule has 0 spiro atoms. The molecule has 5 N–H and O–H groups in total. The molecular formula is C32H51N5O8S. The van der Waals surface area contributed by atoms with Crippen LogP contribution in [0, 0.1) is 23.7 Å². The van der Waals surface area contributed by atoms with E-state index < -0.39 is 59.0 Å². The van der Waals surface area contributed by atoms with Crippen LogP contribution in [0.4, 0.5) is 0 Å². The van der Waals surface area contributed by atoms with Crippen LogP contribution in [0.15, 0.2) is 23.0 Å². The Bertz CT molecular complexity index is 1190. The third-order valence-electron chi connectivity index (χ3n) is 7.78. The molecule has 5 amide bonds. The molecule has 1 aromatic heterocycles. The summed E-state index contributed by atoms with van der Waals surface area (Å²) in [6.45, 7) is 13.3. The summed E-state index contributed by atoms with van der Waals surface area (Å²) in [5.41, 5.74) is 0.261. The minimum absolute atomic E-state index is 0.0111. The van der Waals surface area contributed by atoms with Gasteiger partial charge in [0.05, 0.1) is 24.9 Å². The molecule has 1 aromatic rings. The zero-order valence-corrected chi connectivity index (χ0v) is 28.8. The molecule has 1 saturated heterocycles. The number of rotatable bonds is 18. The minimum atomic E-state index is -1.01. The van der Waals surface area contributed by atoms with Crippen LogP contribution >= 0.6 is 12.6 Å². The Morgan fingerprint density at radius 3 is 2.11 bits per heavy atom. The third kappa shape index (κ3) is 12.0. The first-order valence-electron chi connectivity index (χ1n) is 16.0. The van der Waals surface area contributed by atoms with Crippen molar-refractivity contribution in [3.8, 4) is 0 Å². The van der Waals surface area contributed by atoms with Gasteiger partial charge in [0, 0.05) is 23.8 Å². The average molecular weight is 666 g/mol. The number of carbonyl (C=O) groups is 6. The zero-order chi connectivity index (χ0) is 34.6. The van der Waals surface area contributed by atoms with Gasteiger partial charge in [-0.3, -0.25) is 28.8 Å². The van der Waals surface area contributed by atoms with Gasteiger partial charge in [0.1, 0.15) is 24.4 Å². The Kier molecular flexibility index (Phi) is 15.6. The van der Waals surface area contributed by atoms with Gasteiger partial charge in [-0.2, -0.15) is 12.6 Å². The van der Waals surface area contributed by atoms with Crippen molar-refractivity contribution >= 4 is 48.1 Å². The number of furan rings is 1. The van der Waals surface area contributed by atoms with Crippen LogP contribution in [-0.4, -0.2) is 78.1 Å². The van der Waals surface area contributed by atoms with Crippen LogP contribution in [0.25, 0.3) is 0 Å². The monoisotopic (exact) mass is 665 g/mol. The number of carbonyl (C=O) groups excluding carboxylic acids is 6. The number of ether oxygens (including phenoxy) is 1. The Labute approximate surface area is 276 Å². The second-order valence-electron chi connectivity index (χ2n) is 12.8. The predicted molar refractivity (Wildman–Crippen MR) is 175 cm³/mol. The van der Waals surface area contributed by atoms with Crippen LogP contribution in [0.5, 0.6) is 0 Å². The Morgan fingerprint density at radius 2 is 1.59 bits per heavy atom. The van der Waals surface area contributed by atoms with Crippen molar-refractivity contribution in [1.82, 2.24) is 26.6 Å². The molecule has 0 aliphatic carbocycles. The average Bonchev–Trinajstić information content (AvgIpc) is 3.65. The van der Waals surface area contributed by atoms with Gasteiger partial charge in [0.15, 0.2) is 0 Å². The van der Waals surface area contributed by atoms with Crippen molar-refractivity contribution in [3.05, 3.63) is 24.2 Å². The topological polar surface area (TPSA) is 185 Å². The molecule has 1 fully saturated rings. The summed E-state index contributed by atoms with van der Waals surface area (Å²) in [5, 5.41) is 13.4. The molecule has 0 bridgehead atoms. The third-order valence-corrected chi connectivity index (χ3v) is 8.32.